The Morgan fingerprint density at radius 1 is 1.15 bits per heavy atom. The highest BCUT2D eigenvalue weighted by molar-refractivity contribution is 8.01. The normalized spacial score (nSPS) is 23.7. The van der Waals surface area contributed by atoms with E-state index in [0.717, 1.165) is 4.90 Å². The summed E-state index contributed by atoms with van der Waals surface area (Å²) in [6.07, 6.45) is 4.28. The Balaban J connectivity index is 1.17. The molecule has 2 aromatic rings. The van der Waals surface area contributed by atoms with E-state index in [9.17, 15) is 29.4 Å². The van der Waals surface area contributed by atoms with E-state index in [1.54, 1.807) is 18.2 Å². The minimum atomic E-state index is -1.18. The van der Waals surface area contributed by atoms with Crippen molar-refractivity contribution < 1.29 is 34.0 Å². The molecule has 15 heteroatoms. The van der Waals surface area contributed by atoms with Crippen LogP contribution in [0.4, 0.5) is 0 Å². The van der Waals surface area contributed by atoms with Crippen LogP contribution in [0.25, 0.3) is 0 Å². The number of hydrogen-bond acceptors (Lipinski definition) is 8. The number of carboxylic acids is 2. The molecular weight excluding hydrogens is 631 g/mol. The third kappa shape index (κ3) is 6.65. The number of nitrogens with zero attached hydrogens (tertiary/aromatic N) is 2. The standard InChI is InChI=1S/C26H24Cl2N4O6S3/c27-14-1-2-17(28)19(7-14)40-12-20(33)30-21-23(34)32-22(26(37)38)13(11-41-24(21)32)10-39-16-3-5-31(6-4-16)15-8-18(25(35)36)29-9-15/h1-7,15,18,21,24,29H,8-12H2,(H2-,30,33,35,36,37,38)/p+1/t15-,18+,21-,24-/m1/s1. The maximum Gasteiger partial charge on any atom is 0.352 e. The van der Waals surface area contributed by atoms with Crippen LogP contribution in [0.5, 0.6) is 0 Å². The zero-order valence-corrected chi connectivity index (χ0v) is 25.3. The van der Waals surface area contributed by atoms with Crippen molar-refractivity contribution in [1.82, 2.24) is 15.5 Å². The second-order valence-corrected chi connectivity index (χ2v) is 13.5. The van der Waals surface area contributed by atoms with Crippen molar-refractivity contribution in [2.45, 2.75) is 39.7 Å². The number of benzene rings is 1. The summed E-state index contributed by atoms with van der Waals surface area (Å²) < 4.78 is 1.97. The molecule has 2 amide bonds. The zero-order chi connectivity index (χ0) is 29.3. The first-order chi connectivity index (χ1) is 19.6. The third-order valence-corrected chi connectivity index (χ3v) is 11.1. The quantitative estimate of drug-likeness (QED) is 0.172. The average Bonchev–Trinajstić information content (AvgIpc) is 3.46. The van der Waals surface area contributed by atoms with Gasteiger partial charge < -0.3 is 15.5 Å². The number of pyridine rings is 1. The van der Waals surface area contributed by atoms with Crippen molar-refractivity contribution in [3.8, 4) is 0 Å². The fraction of sp³-hybridized carbons (Fsp3) is 0.346. The molecule has 4 atom stereocenters. The van der Waals surface area contributed by atoms with E-state index in [1.807, 2.05) is 29.1 Å². The van der Waals surface area contributed by atoms with Gasteiger partial charge in [-0.15, -0.1) is 35.3 Å². The highest BCUT2D eigenvalue weighted by Crippen LogP contribution is 2.41. The molecule has 0 radical (unpaired) electrons. The largest absolute Gasteiger partial charge is 0.480 e. The highest BCUT2D eigenvalue weighted by Gasteiger charge is 2.54. The first-order valence-electron chi connectivity index (χ1n) is 12.5. The third-order valence-electron chi connectivity index (χ3n) is 6.88. The summed E-state index contributed by atoms with van der Waals surface area (Å²) in [4.78, 5) is 51.8. The molecule has 3 aliphatic rings. The number of aromatic nitrogens is 1. The van der Waals surface area contributed by atoms with Gasteiger partial charge in [0.1, 0.15) is 23.2 Å². The Bertz CT molecular complexity index is 1430. The molecule has 41 heavy (non-hydrogen) atoms. The number of carboxylic acid groups (broad SMARTS) is 2. The molecule has 0 spiro atoms. The molecule has 216 valence electrons. The summed E-state index contributed by atoms with van der Waals surface area (Å²) in [7, 11) is 0. The maximum atomic E-state index is 13.0. The lowest BCUT2D eigenvalue weighted by Crippen LogP contribution is -2.70. The number of fused-ring (bicyclic) bond motifs is 1. The van der Waals surface area contributed by atoms with Crippen molar-refractivity contribution in [2.24, 2.45) is 0 Å². The second kappa shape index (κ2) is 12.8. The molecule has 2 fully saturated rings. The minimum absolute atomic E-state index is 0.0270. The van der Waals surface area contributed by atoms with Crippen LogP contribution in [-0.2, 0) is 19.2 Å². The zero-order valence-electron chi connectivity index (χ0n) is 21.3. The lowest BCUT2D eigenvalue weighted by Gasteiger charge is -2.49. The van der Waals surface area contributed by atoms with Crippen molar-refractivity contribution in [3.05, 3.63) is 64.0 Å². The molecule has 0 bridgehead atoms. The molecule has 4 heterocycles. The average molecular weight is 657 g/mol. The fourth-order valence-corrected chi connectivity index (χ4v) is 8.48. The summed E-state index contributed by atoms with van der Waals surface area (Å²) in [5, 5.41) is 25.3. The van der Waals surface area contributed by atoms with Gasteiger partial charge in [0.15, 0.2) is 18.4 Å². The van der Waals surface area contributed by atoms with Gasteiger partial charge >= 0.3 is 11.9 Å². The fourth-order valence-electron chi connectivity index (χ4n) is 4.81. The lowest BCUT2D eigenvalue weighted by molar-refractivity contribution is -0.719. The van der Waals surface area contributed by atoms with Gasteiger partial charge in [-0.1, -0.05) is 23.2 Å². The number of hydrogen-bond donors (Lipinski definition) is 4. The molecule has 10 nitrogen and oxygen atoms in total. The highest BCUT2D eigenvalue weighted by atomic mass is 35.5. The summed E-state index contributed by atoms with van der Waals surface area (Å²) in [6.45, 7) is 0.571. The van der Waals surface area contributed by atoms with Gasteiger partial charge in [0, 0.05) is 44.9 Å². The van der Waals surface area contributed by atoms with E-state index >= 15 is 0 Å². The first-order valence-corrected chi connectivity index (χ1v) is 16.3. The van der Waals surface area contributed by atoms with Crippen molar-refractivity contribution in [2.75, 3.05) is 23.8 Å². The molecule has 1 aromatic carbocycles. The van der Waals surface area contributed by atoms with Gasteiger partial charge in [-0.2, -0.15) is 0 Å². The Morgan fingerprint density at radius 3 is 2.59 bits per heavy atom. The Hall–Kier alpha value is -2.42. The van der Waals surface area contributed by atoms with Crippen LogP contribution in [0.1, 0.15) is 12.5 Å². The number of halogens is 2. The molecular formula is C26H25Cl2N4O6S3+. The van der Waals surface area contributed by atoms with Crippen LogP contribution in [-0.4, -0.2) is 80.1 Å². The first kappa shape index (κ1) is 30.1. The summed E-state index contributed by atoms with van der Waals surface area (Å²) >= 11 is 16.2. The summed E-state index contributed by atoms with van der Waals surface area (Å²) in [6, 6.07) is 7.46. The monoisotopic (exact) mass is 655 g/mol. The van der Waals surface area contributed by atoms with Gasteiger partial charge in [-0.05, 0) is 23.8 Å². The molecule has 5 rings (SSSR count). The number of rotatable bonds is 10. The van der Waals surface area contributed by atoms with Gasteiger partial charge in [-0.25, -0.2) is 9.36 Å². The van der Waals surface area contributed by atoms with Gasteiger partial charge in [-0.3, -0.25) is 24.6 Å². The number of nitrogens with one attached hydrogen (secondary N) is 2. The Labute approximate surface area is 258 Å². The number of aliphatic carboxylic acids is 2. The van der Waals surface area contributed by atoms with Crippen LogP contribution < -0.4 is 15.2 Å². The van der Waals surface area contributed by atoms with Crippen molar-refractivity contribution >= 4 is 82.2 Å². The lowest BCUT2D eigenvalue weighted by atomic mass is 10.0. The molecule has 0 aliphatic carbocycles. The van der Waals surface area contributed by atoms with E-state index in [4.69, 9.17) is 23.2 Å². The number of carbonyl (C=O) groups is 4. The number of amides is 2. The van der Waals surface area contributed by atoms with Crippen molar-refractivity contribution in [1.29, 1.82) is 0 Å². The second-order valence-electron chi connectivity index (χ2n) is 9.53. The summed E-state index contributed by atoms with van der Waals surface area (Å²) in [5.41, 5.74) is 0.605. The van der Waals surface area contributed by atoms with Crippen LogP contribution >= 0.6 is 58.5 Å². The SMILES string of the molecule is O=C(CSc1cc(Cl)ccc1Cl)N[C@@H]1C(=O)N2C(C(=O)O)=C(CSc3cc[n+]([C@H]4CN[C@H](C(=O)O)C4)cc3)CS[C@H]12. The minimum Gasteiger partial charge on any atom is -0.480 e. The van der Waals surface area contributed by atoms with E-state index in [2.05, 4.69) is 10.6 Å². The van der Waals surface area contributed by atoms with Crippen LogP contribution in [0.15, 0.2) is 63.8 Å². The molecule has 3 aliphatic heterocycles. The molecule has 2 saturated heterocycles. The van der Waals surface area contributed by atoms with E-state index in [0.29, 0.717) is 45.0 Å². The predicted molar refractivity (Wildman–Crippen MR) is 157 cm³/mol. The van der Waals surface area contributed by atoms with Crippen LogP contribution in [0.2, 0.25) is 10.0 Å². The van der Waals surface area contributed by atoms with Gasteiger partial charge in [0.2, 0.25) is 5.91 Å². The van der Waals surface area contributed by atoms with E-state index < -0.39 is 35.3 Å². The molecule has 1 aromatic heterocycles. The molecule has 0 unspecified atom stereocenters. The summed E-state index contributed by atoms with van der Waals surface area (Å²) in [5.74, 6) is -2.02. The van der Waals surface area contributed by atoms with Crippen molar-refractivity contribution in [3.63, 3.8) is 0 Å². The van der Waals surface area contributed by atoms with Crippen LogP contribution in [0.3, 0.4) is 0 Å². The number of thioether (sulfide) groups is 3. The van der Waals surface area contributed by atoms with Gasteiger partial charge in [0.25, 0.3) is 5.91 Å². The van der Waals surface area contributed by atoms with E-state index in [1.165, 1.54) is 40.2 Å². The number of β-lactam (4-membered cyclic amide) rings is 1. The van der Waals surface area contributed by atoms with Crippen LogP contribution in [0, 0.1) is 0 Å². The number of carbonyl (C=O) groups excluding carboxylic acids is 2. The Kier molecular flexibility index (Phi) is 9.41. The maximum absolute atomic E-state index is 13.0. The topological polar surface area (TPSA) is 140 Å². The smallest absolute Gasteiger partial charge is 0.352 e. The van der Waals surface area contributed by atoms with Gasteiger partial charge in [0.05, 0.1) is 17.3 Å². The van der Waals surface area contributed by atoms with E-state index in [-0.39, 0.29) is 23.4 Å². The molecule has 0 saturated carbocycles. The Morgan fingerprint density at radius 2 is 1.90 bits per heavy atom. The molecule has 4 N–H and O–H groups in total. The predicted octanol–water partition coefficient (Wildman–Crippen LogP) is 2.89.